The Hall–Kier alpha value is -2.92. The number of benzene rings is 2. The van der Waals surface area contributed by atoms with Crippen molar-refractivity contribution in [3.8, 4) is 17.2 Å². The number of rotatable bonds is 6. The SMILES string of the molecule is COc1ccc(OC)c(CN2CCCn3cccc3[C@H]2c2ccccc2OC)c1. The van der Waals surface area contributed by atoms with Crippen LogP contribution in [0.1, 0.15) is 29.3 Å². The quantitative estimate of drug-likeness (QED) is 0.618. The molecule has 3 aromatic rings. The van der Waals surface area contributed by atoms with E-state index in [1.165, 1.54) is 11.3 Å². The summed E-state index contributed by atoms with van der Waals surface area (Å²) < 4.78 is 19.2. The van der Waals surface area contributed by atoms with Crippen LogP contribution in [0.4, 0.5) is 0 Å². The molecule has 0 unspecified atom stereocenters. The van der Waals surface area contributed by atoms with Crippen LogP contribution in [0.2, 0.25) is 0 Å². The molecule has 1 atom stereocenters. The first-order valence-electron chi connectivity index (χ1n) is 9.98. The van der Waals surface area contributed by atoms with Crippen LogP contribution in [0.25, 0.3) is 0 Å². The van der Waals surface area contributed by atoms with Gasteiger partial charge in [-0.2, -0.15) is 0 Å². The molecule has 5 nitrogen and oxygen atoms in total. The molecule has 0 saturated carbocycles. The highest BCUT2D eigenvalue weighted by Gasteiger charge is 2.30. The maximum Gasteiger partial charge on any atom is 0.124 e. The molecule has 2 aromatic carbocycles. The van der Waals surface area contributed by atoms with Gasteiger partial charge in [-0.25, -0.2) is 0 Å². The van der Waals surface area contributed by atoms with Crippen LogP contribution in [0.15, 0.2) is 60.8 Å². The van der Waals surface area contributed by atoms with E-state index >= 15 is 0 Å². The molecule has 29 heavy (non-hydrogen) atoms. The van der Waals surface area contributed by atoms with Gasteiger partial charge in [-0.3, -0.25) is 4.90 Å². The van der Waals surface area contributed by atoms with Gasteiger partial charge in [0.1, 0.15) is 17.2 Å². The minimum absolute atomic E-state index is 0.0968. The van der Waals surface area contributed by atoms with Crippen LogP contribution in [0.5, 0.6) is 17.2 Å². The van der Waals surface area contributed by atoms with Gasteiger partial charge in [0.25, 0.3) is 0 Å². The molecule has 0 fully saturated rings. The van der Waals surface area contributed by atoms with E-state index in [1.807, 2.05) is 24.3 Å². The average Bonchev–Trinajstić information content (AvgIpc) is 3.15. The van der Waals surface area contributed by atoms with E-state index < -0.39 is 0 Å². The summed E-state index contributed by atoms with van der Waals surface area (Å²) in [6, 6.07) is 18.8. The summed E-state index contributed by atoms with van der Waals surface area (Å²) >= 11 is 0. The van der Waals surface area contributed by atoms with Gasteiger partial charge >= 0.3 is 0 Å². The molecule has 1 aromatic heterocycles. The second-order valence-electron chi connectivity index (χ2n) is 7.27. The molecule has 0 radical (unpaired) electrons. The van der Waals surface area contributed by atoms with Gasteiger partial charge in [0.15, 0.2) is 0 Å². The van der Waals surface area contributed by atoms with Gasteiger partial charge in [-0.1, -0.05) is 18.2 Å². The van der Waals surface area contributed by atoms with Crippen LogP contribution in [-0.2, 0) is 13.1 Å². The van der Waals surface area contributed by atoms with Crippen molar-refractivity contribution < 1.29 is 14.2 Å². The maximum atomic E-state index is 5.73. The number of hydrogen-bond acceptors (Lipinski definition) is 4. The lowest BCUT2D eigenvalue weighted by molar-refractivity contribution is 0.213. The predicted molar refractivity (Wildman–Crippen MR) is 114 cm³/mol. The standard InChI is InChI=1S/C24H28N2O3/c1-27-19-11-12-22(28-2)18(16-19)17-26-15-7-14-25-13-6-9-21(25)24(26)20-8-4-5-10-23(20)29-3/h4-6,8-13,16,24H,7,14-15,17H2,1-3H3/t24-/m1/s1. The molecule has 0 amide bonds. The van der Waals surface area contributed by atoms with Crippen molar-refractivity contribution in [2.45, 2.75) is 25.6 Å². The number of methoxy groups -OCH3 is 3. The summed E-state index contributed by atoms with van der Waals surface area (Å²) in [5.41, 5.74) is 3.58. The highest BCUT2D eigenvalue weighted by Crippen LogP contribution is 2.38. The molecule has 0 N–H and O–H groups in total. The molecule has 0 saturated heterocycles. The second-order valence-corrected chi connectivity index (χ2v) is 7.27. The first-order valence-corrected chi connectivity index (χ1v) is 9.98. The average molecular weight is 392 g/mol. The Morgan fingerprint density at radius 2 is 1.69 bits per heavy atom. The molecule has 4 rings (SSSR count). The van der Waals surface area contributed by atoms with Crippen molar-refractivity contribution >= 4 is 0 Å². The van der Waals surface area contributed by atoms with E-state index in [2.05, 4.69) is 46.0 Å². The van der Waals surface area contributed by atoms with E-state index in [0.717, 1.165) is 48.9 Å². The van der Waals surface area contributed by atoms with Crippen molar-refractivity contribution in [1.29, 1.82) is 0 Å². The molecule has 5 heteroatoms. The lowest BCUT2D eigenvalue weighted by Crippen LogP contribution is -2.30. The van der Waals surface area contributed by atoms with Crippen molar-refractivity contribution in [2.75, 3.05) is 27.9 Å². The molecule has 0 aliphatic carbocycles. The lowest BCUT2D eigenvalue weighted by Gasteiger charge is -2.32. The molecule has 152 valence electrons. The summed E-state index contributed by atoms with van der Waals surface area (Å²) in [6.07, 6.45) is 3.26. The van der Waals surface area contributed by atoms with Gasteiger partial charge < -0.3 is 18.8 Å². The van der Waals surface area contributed by atoms with Gasteiger partial charge in [-0.15, -0.1) is 0 Å². The molecule has 2 heterocycles. The van der Waals surface area contributed by atoms with E-state index in [1.54, 1.807) is 21.3 Å². The zero-order valence-electron chi connectivity index (χ0n) is 17.3. The van der Waals surface area contributed by atoms with Gasteiger partial charge in [-0.05, 0) is 42.8 Å². The Morgan fingerprint density at radius 1 is 0.862 bits per heavy atom. The monoisotopic (exact) mass is 392 g/mol. The number of aromatic nitrogens is 1. The number of aryl methyl sites for hydroxylation is 1. The topological polar surface area (TPSA) is 35.9 Å². The van der Waals surface area contributed by atoms with E-state index in [0.29, 0.717) is 0 Å². The van der Waals surface area contributed by atoms with Crippen molar-refractivity contribution in [1.82, 2.24) is 9.47 Å². The highest BCUT2D eigenvalue weighted by molar-refractivity contribution is 5.43. The fourth-order valence-corrected chi connectivity index (χ4v) is 4.28. The summed E-state index contributed by atoms with van der Waals surface area (Å²) in [4.78, 5) is 2.51. The zero-order chi connectivity index (χ0) is 20.2. The third kappa shape index (κ3) is 3.83. The molecular formula is C24H28N2O3. The normalized spacial score (nSPS) is 16.7. The summed E-state index contributed by atoms with van der Waals surface area (Å²) in [5.74, 6) is 2.63. The Kier molecular flexibility index (Phi) is 5.76. The number of fused-ring (bicyclic) bond motifs is 1. The summed E-state index contributed by atoms with van der Waals surface area (Å²) in [7, 11) is 5.16. The highest BCUT2D eigenvalue weighted by atomic mass is 16.5. The first-order chi connectivity index (χ1) is 14.2. The van der Waals surface area contributed by atoms with Gasteiger partial charge in [0.05, 0.1) is 27.4 Å². The molecule has 0 spiro atoms. The molecule has 0 bridgehead atoms. The number of hydrogen-bond donors (Lipinski definition) is 0. The third-order valence-electron chi connectivity index (χ3n) is 5.65. The van der Waals surface area contributed by atoms with Crippen molar-refractivity contribution in [3.05, 3.63) is 77.6 Å². The molecular weight excluding hydrogens is 364 g/mol. The number of nitrogens with zero attached hydrogens (tertiary/aromatic N) is 2. The van der Waals surface area contributed by atoms with Crippen molar-refractivity contribution in [3.63, 3.8) is 0 Å². The van der Waals surface area contributed by atoms with Crippen LogP contribution in [0.3, 0.4) is 0 Å². The number of para-hydroxylation sites is 1. The van der Waals surface area contributed by atoms with Crippen LogP contribution < -0.4 is 14.2 Å². The Bertz CT molecular complexity index is 966. The molecule has 1 aliphatic rings. The van der Waals surface area contributed by atoms with Gasteiger partial charge in [0, 0.05) is 42.7 Å². The first kappa shape index (κ1) is 19.4. The fourth-order valence-electron chi connectivity index (χ4n) is 4.28. The minimum Gasteiger partial charge on any atom is -0.497 e. The number of ether oxygens (including phenoxy) is 3. The summed E-state index contributed by atoms with van der Waals surface area (Å²) in [6.45, 7) is 2.75. The second kappa shape index (κ2) is 8.62. The zero-order valence-corrected chi connectivity index (χ0v) is 17.3. The van der Waals surface area contributed by atoms with Crippen LogP contribution in [0, 0.1) is 0 Å². The summed E-state index contributed by atoms with van der Waals surface area (Å²) in [5, 5.41) is 0. The lowest BCUT2D eigenvalue weighted by atomic mass is 9.99. The van der Waals surface area contributed by atoms with Crippen LogP contribution in [-0.4, -0.2) is 37.3 Å². The largest absolute Gasteiger partial charge is 0.497 e. The Morgan fingerprint density at radius 3 is 2.48 bits per heavy atom. The maximum absolute atomic E-state index is 5.73. The Balaban J connectivity index is 1.79. The smallest absolute Gasteiger partial charge is 0.124 e. The van der Waals surface area contributed by atoms with E-state index in [9.17, 15) is 0 Å². The van der Waals surface area contributed by atoms with Gasteiger partial charge in [0.2, 0.25) is 0 Å². The van der Waals surface area contributed by atoms with E-state index in [4.69, 9.17) is 14.2 Å². The van der Waals surface area contributed by atoms with Crippen molar-refractivity contribution in [2.24, 2.45) is 0 Å². The fraction of sp³-hybridized carbons (Fsp3) is 0.333. The minimum atomic E-state index is 0.0968. The molecule has 1 aliphatic heterocycles. The van der Waals surface area contributed by atoms with Crippen LogP contribution >= 0.6 is 0 Å². The predicted octanol–water partition coefficient (Wildman–Crippen LogP) is 4.51. The Labute approximate surface area is 172 Å². The third-order valence-corrected chi connectivity index (χ3v) is 5.65. The van der Waals surface area contributed by atoms with E-state index in [-0.39, 0.29) is 6.04 Å².